The zero-order valence-electron chi connectivity index (χ0n) is 13.2. The molecule has 2 aromatic rings. The highest BCUT2D eigenvalue weighted by Crippen LogP contribution is 2.36. The molecule has 2 atom stereocenters. The fraction of sp³-hybridized carbons (Fsp3) is 0.312. The van der Waals surface area contributed by atoms with Crippen molar-refractivity contribution in [3.8, 4) is 0 Å². The van der Waals surface area contributed by atoms with Gasteiger partial charge in [0.15, 0.2) is 5.82 Å². The van der Waals surface area contributed by atoms with Gasteiger partial charge in [0.25, 0.3) is 0 Å². The highest BCUT2D eigenvalue weighted by atomic mass is 19.4. The van der Waals surface area contributed by atoms with E-state index in [9.17, 15) is 22.8 Å². The molecule has 0 unspecified atom stereocenters. The van der Waals surface area contributed by atoms with E-state index >= 15 is 0 Å². The molecule has 2 amide bonds. The van der Waals surface area contributed by atoms with E-state index in [-0.39, 0.29) is 18.3 Å². The predicted molar refractivity (Wildman–Crippen MR) is 82.5 cm³/mol. The van der Waals surface area contributed by atoms with Crippen LogP contribution in [0, 0.1) is 5.92 Å². The summed E-state index contributed by atoms with van der Waals surface area (Å²) >= 11 is 0. The van der Waals surface area contributed by atoms with Gasteiger partial charge in [-0.15, -0.1) is 0 Å². The monoisotopic (exact) mass is 352 g/mol. The first kappa shape index (κ1) is 17.0. The molecule has 0 aliphatic carbocycles. The lowest BCUT2D eigenvalue weighted by Gasteiger charge is -2.17. The van der Waals surface area contributed by atoms with Crippen LogP contribution in [0.2, 0.25) is 0 Å². The Morgan fingerprint density at radius 3 is 2.52 bits per heavy atom. The van der Waals surface area contributed by atoms with Crippen LogP contribution < -0.4 is 5.32 Å². The number of likely N-dealkylation sites (tertiary alicyclic amines) is 1. The largest absolute Gasteiger partial charge is 0.416 e. The van der Waals surface area contributed by atoms with Gasteiger partial charge in [0.1, 0.15) is 5.92 Å². The molecule has 0 bridgehead atoms. The summed E-state index contributed by atoms with van der Waals surface area (Å²) in [6.07, 6.45) is -2.91. The number of carbonyl (C=O) groups excluding carboxylic acids is 2. The van der Waals surface area contributed by atoms with Gasteiger partial charge < -0.3 is 10.2 Å². The average Bonchev–Trinajstić information content (AvgIpc) is 3.15. The van der Waals surface area contributed by atoms with Gasteiger partial charge in [0, 0.05) is 31.8 Å². The summed E-state index contributed by atoms with van der Waals surface area (Å²) in [5.41, 5.74) is -0.265. The molecule has 3 rings (SSSR count). The van der Waals surface area contributed by atoms with Gasteiger partial charge in [0.05, 0.1) is 5.56 Å². The summed E-state index contributed by atoms with van der Waals surface area (Å²) in [6, 6.07) is 6.08. The minimum atomic E-state index is -4.43. The highest BCUT2D eigenvalue weighted by molar-refractivity contribution is 6.08. The van der Waals surface area contributed by atoms with Gasteiger partial charge in [-0.05, 0) is 17.7 Å². The molecule has 0 radical (unpaired) electrons. The van der Waals surface area contributed by atoms with Crippen molar-refractivity contribution in [2.75, 3.05) is 18.9 Å². The van der Waals surface area contributed by atoms with Gasteiger partial charge in [-0.25, -0.2) is 0 Å². The topological polar surface area (TPSA) is 78.1 Å². The van der Waals surface area contributed by atoms with Crippen molar-refractivity contribution in [2.45, 2.75) is 12.1 Å². The molecule has 2 N–H and O–H groups in total. The Balaban J connectivity index is 1.85. The maximum Gasteiger partial charge on any atom is 0.416 e. The molecule has 1 aromatic heterocycles. The fourth-order valence-corrected chi connectivity index (χ4v) is 2.95. The van der Waals surface area contributed by atoms with Crippen molar-refractivity contribution >= 4 is 17.6 Å². The number of halogens is 3. The maximum atomic E-state index is 12.7. The second-order valence-electron chi connectivity index (χ2n) is 5.87. The second-order valence-corrected chi connectivity index (χ2v) is 5.87. The van der Waals surface area contributed by atoms with Crippen LogP contribution in [0.25, 0.3) is 0 Å². The lowest BCUT2D eigenvalue weighted by Crippen LogP contribution is -2.32. The van der Waals surface area contributed by atoms with E-state index in [1.807, 2.05) is 0 Å². The number of rotatable bonds is 3. The van der Waals surface area contributed by atoms with Crippen LogP contribution in [0.5, 0.6) is 0 Å². The summed E-state index contributed by atoms with van der Waals surface area (Å²) < 4.78 is 38.1. The number of H-pyrrole nitrogens is 1. The lowest BCUT2D eigenvalue weighted by molar-refractivity contribution is -0.138. The summed E-state index contributed by atoms with van der Waals surface area (Å²) in [6.45, 7) is 0.253. The molecule has 2 heterocycles. The van der Waals surface area contributed by atoms with E-state index in [2.05, 4.69) is 15.5 Å². The number of nitrogens with zero attached hydrogens (tertiary/aromatic N) is 2. The molecule has 0 spiro atoms. The van der Waals surface area contributed by atoms with Crippen molar-refractivity contribution < 1.29 is 22.8 Å². The zero-order valence-corrected chi connectivity index (χ0v) is 13.2. The predicted octanol–water partition coefficient (Wildman–Crippen LogP) is 2.24. The third-order valence-electron chi connectivity index (χ3n) is 4.22. The van der Waals surface area contributed by atoms with Crippen LogP contribution in [-0.2, 0) is 15.8 Å². The standard InChI is InChI=1S/C16H15F3N4O2/c1-23-8-11(9-2-4-10(5-3-9)16(17,18)19)13(15(23)25)14(24)21-12-6-7-20-22-12/h2-7,11,13H,8H2,1H3,(H2,20,21,22,24)/t11-,13+/m0/s1. The molecule has 1 aromatic carbocycles. The van der Waals surface area contributed by atoms with Crippen molar-refractivity contribution in [3.63, 3.8) is 0 Å². The molecule has 0 saturated carbocycles. The van der Waals surface area contributed by atoms with Gasteiger partial charge >= 0.3 is 6.18 Å². The lowest BCUT2D eigenvalue weighted by atomic mass is 9.87. The number of alkyl halides is 3. The first-order valence-electron chi connectivity index (χ1n) is 7.50. The quantitative estimate of drug-likeness (QED) is 0.832. The van der Waals surface area contributed by atoms with Crippen molar-refractivity contribution in [2.24, 2.45) is 5.92 Å². The van der Waals surface area contributed by atoms with E-state index in [1.165, 1.54) is 29.3 Å². The molecule has 132 valence electrons. The van der Waals surface area contributed by atoms with Crippen molar-refractivity contribution in [1.29, 1.82) is 0 Å². The number of nitrogens with one attached hydrogen (secondary N) is 2. The fourth-order valence-electron chi connectivity index (χ4n) is 2.95. The number of benzene rings is 1. The van der Waals surface area contributed by atoms with Crippen molar-refractivity contribution in [3.05, 3.63) is 47.7 Å². The van der Waals surface area contributed by atoms with Crippen molar-refractivity contribution in [1.82, 2.24) is 15.1 Å². The Bertz CT molecular complexity index is 772. The van der Waals surface area contributed by atoms with E-state index in [0.29, 0.717) is 5.56 Å². The van der Waals surface area contributed by atoms with Gasteiger partial charge in [-0.3, -0.25) is 14.7 Å². The molecule has 25 heavy (non-hydrogen) atoms. The minimum Gasteiger partial charge on any atom is -0.344 e. The molecule has 1 aliphatic heterocycles. The second kappa shape index (κ2) is 6.23. The Morgan fingerprint density at radius 1 is 1.28 bits per heavy atom. The van der Waals surface area contributed by atoms with Gasteiger partial charge in [-0.2, -0.15) is 18.3 Å². The first-order valence-corrected chi connectivity index (χ1v) is 7.50. The smallest absolute Gasteiger partial charge is 0.344 e. The van der Waals surface area contributed by atoms with E-state index in [1.54, 1.807) is 7.05 Å². The number of anilines is 1. The van der Waals surface area contributed by atoms with E-state index in [4.69, 9.17) is 0 Å². The molecular weight excluding hydrogens is 337 g/mol. The summed E-state index contributed by atoms with van der Waals surface area (Å²) in [5, 5.41) is 8.88. The SMILES string of the molecule is CN1C[C@@H](c2ccc(C(F)(F)F)cc2)[C@H](C(=O)Nc2cc[nH]n2)C1=O. The summed E-state index contributed by atoms with van der Waals surface area (Å²) in [4.78, 5) is 26.2. The number of hydrogen-bond donors (Lipinski definition) is 2. The number of aromatic nitrogens is 2. The normalized spacial score (nSPS) is 20.8. The average molecular weight is 352 g/mol. The third-order valence-corrected chi connectivity index (χ3v) is 4.22. The Labute approximate surface area is 141 Å². The number of carbonyl (C=O) groups is 2. The Hall–Kier alpha value is -2.84. The summed E-state index contributed by atoms with van der Waals surface area (Å²) in [7, 11) is 1.56. The van der Waals surface area contributed by atoms with Crippen LogP contribution in [-0.4, -0.2) is 40.5 Å². The highest BCUT2D eigenvalue weighted by Gasteiger charge is 2.44. The third kappa shape index (κ3) is 3.35. The Morgan fingerprint density at radius 2 is 1.96 bits per heavy atom. The number of amides is 2. The van der Waals surface area contributed by atoms with Crippen LogP contribution in [0.4, 0.5) is 19.0 Å². The first-order chi connectivity index (χ1) is 11.8. The summed E-state index contributed by atoms with van der Waals surface area (Å²) in [5.74, 6) is -2.18. The van der Waals surface area contributed by atoms with Crippen LogP contribution in [0.1, 0.15) is 17.0 Å². The number of likely N-dealkylation sites (N-methyl/N-ethyl adjacent to an activating group) is 1. The molecular formula is C16H15F3N4O2. The van der Waals surface area contributed by atoms with Crippen LogP contribution in [0.15, 0.2) is 36.5 Å². The van der Waals surface area contributed by atoms with Crippen LogP contribution in [0.3, 0.4) is 0 Å². The number of aromatic amines is 1. The zero-order chi connectivity index (χ0) is 18.2. The van der Waals surface area contributed by atoms with Gasteiger partial charge in [-0.1, -0.05) is 12.1 Å². The molecule has 6 nitrogen and oxygen atoms in total. The van der Waals surface area contributed by atoms with Gasteiger partial charge in [0.2, 0.25) is 11.8 Å². The molecule has 1 aliphatic rings. The van der Waals surface area contributed by atoms with E-state index in [0.717, 1.165) is 12.1 Å². The van der Waals surface area contributed by atoms with E-state index < -0.39 is 29.5 Å². The minimum absolute atomic E-state index is 0.253. The number of hydrogen-bond acceptors (Lipinski definition) is 3. The molecule has 1 fully saturated rings. The molecule has 9 heteroatoms. The van der Waals surface area contributed by atoms with Crippen LogP contribution >= 0.6 is 0 Å². The molecule has 1 saturated heterocycles. The Kier molecular flexibility index (Phi) is 4.23. The maximum absolute atomic E-state index is 12.7.